The Bertz CT molecular complexity index is 310. The molecule has 1 aliphatic rings. The molecular formula is C18H32O5. The van der Waals surface area contributed by atoms with Gasteiger partial charge in [0, 0.05) is 12.8 Å². The molecule has 1 rings (SSSR count). The van der Waals surface area contributed by atoms with Crippen LogP contribution in [0.2, 0.25) is 0 Å². The predicted molar refractivity (Wildman–Crippen MR) is 88.6 cm³/mol. The zero-order chi connectivity index (χ0) is 16.9. The van der Waals surface area contributed by atoms with Crippen LogP contribution in [0.4, 0.5) is 0 Å². The third-order valence-electron chi connectivity index (χ3n) is 4.45. The second-order valence-corrected chi connectivity index (χ2v) is 6.61. The maximum absolute atomic E-state index is 10.4. The van der Waals surface area contributed by atoms with E-state index in [0.717, 1.165) is 51.4 Å². The van der Waals surface area contributed by atoms with Gasteiger partial charge < -0.3 is 14.9 Å². The van der Waals surface area contributed by atoms with Gasteiger partial charge in [0.1, 0.15) is 0 Å². The number of carboxylic acids is 2. The van der Waals surface area contributed by atoms with Gasteiger partial charge in [-0.15, -0.1) is 0 Å². The second kappa shape index (κ2) is 12.3. The summed E-state index contributed by atoms with van der Waals surface area (Å²) in [6.07, 6.45) is 14.4. The van der Waals surface area contributed by atoms with Crippen molar-refractivity contribution in [1.82, 2.24) is 0 Å². The lowest BCUT2D eigenvalue weighted by Gasteiger charge is -2.00. The van der Waals surface area contributed by atoms with Crippen molar-refractivity contribution in [1.29, 1.82) is 0 Å². The maximum Gasteiger partial charge on any atom is 0.303 e. The number of carboxylic acid groups (broad SMARTS) is 2. The first kappa shape index (κ1) is 19.9. The summed E-state index contributed by atoms with van der Waals surface area (Å²) in [5.41, 5.74) is 0. The van der Waals surface area contributed by atoms with Crippen LogP contribution in [-0.4, -0.2) is 34.4 Å². The minimum Gasteiger partial charge on any atom is -0.481 e. The lowest BCUT2D eigenvalue weighted by atomic mass is 10.0. The van der Waals surface area contributed by atoms with E-state index in [1.807, 2.05) is 0 Å². The van der Waals surface area contributed by atoms with Gasteiger partial charge in [0.2, 0.25) is 0 Å². The molecule has 1 saturated heterocycles. The largest absolute Gasteiger partial charge is 0.481 e. The number of rotatable bonds is 16. The highest BCUT2D eigenvalue weighted by Gasteiger charge is 2.36. The first-order valence-corrected chi connectivity index (χ1v) is 9.18. The Morgan fingerprint density at radius 3 is 1.35 bits per heavy atom. The second-order valence-electron chi connectivity index (χ2n) is 6.61. The molecule has 0 unspecified atom stereocenters. The zero-order valence-corrected chi connectivity index (χ0v) is 14.2. The molecule has 2 N–H and O–H groups in total. The molecule has 0 aromatic carbocycles. The summed E-state index contributed by atoms with van der Waals surface area (Å²) in [6, 6.07) is 0. The standard InChI is InChI=1S/C18H32O5/c19-17(20)13-9-5-1-3-7-11-15-16(23-15)12-8-4-2-6-10-14-18(21)22/h15-16H,1-14H2,(H,19,20)(H,21,22)/t15-,16-/m1/s1. The molecule has 0 spiro atoms. The lowest BCUT2D eigenvalue weighted by molar-refractivity contribution is -0.138. The maximum atomic E-state index is 10.4. The normalized spacial score (nSPS) is 19.7. The van der Waals surface area contributed by atoms with Gasteiger partial charge in [-0.25, -0.2) is 0 Å². The molecule has 0 aromatic heterocycles. The van der Waals surface area contributed by atoms with Crippen LogP contribution < -0.4 is 0 Å². The Morgan fingerprint density at radius 2 is 0.957 bits per heavy atom. The van der Waals surface area contributed by atoms with Crippen LogP contribution in [0.25, 0.3) is 0 Å². The Kier molecular flexibility index (Phi) is 10.7. The van der Waals surface area contributed by atoms with Crippen molar-refractivity contribution in [2.24, 2.45) is 0 Å². The monoisotopic (exact) mass is 328 g/mol. The van der Waals surface area contributed by atoms with Crippen LogP contribution in [-0.2, 0) is 14.3 Å². The lowest BCUT2D eigenvalue weighted by Crippen LogP contribution is -1.96. The molecule has 0 bridgehead atoms. The van der Waals surface area contributed by atoms with Gasteiger partial charge in [-0.2, -0.15) is 0 Å². The number of aliphatic carboxylic acids is 2. The van der Waals surface area contributed by atoms with Crippen LogP contribution in [0.3, 0.4) is 0 Å². The van der Waals surface area contributed by atoms with Gasteiger partial charge in [0.05, 0.1) is 12.2 Å². The molecule has 1 aliphatic heterocycles. The molecule has 134 valence electrons. The minimum absolute atomic E-state index is 0.296. The molecule has 0 aromatic rings. The minimum atomic E-state index is -0.693. The molecule has 5 nitrogen and oxygen atoms in total. The Balaban J connectivity index is 1.77. The van der Waals surface area contributed by atoms with E-state index in [4.69, 9.17) is 14.9 Å². The molecule has 1 fully saturated rings. The summed E-state index contributed by atoms with van der Waals surface area (Å²) in [5.74, 6) is -1.39. The highest BCUT2D eigenvalue weighted by molar-refractivity contribution is 5.66. The Hall–Kier alpha value is -1.10. The molecule has 0 radical (unpaired) electrons. The third kappa shape index (κ3) is 12.0. The number of carbonyl (C=O) groups is 2. The van der Waals surface area contributed by atoms with Crippen LogP contribution in [0.5, 0.6) is 0 Å². The van der Waals surface area contributed by atoms with E-state index in [-0.39, 0.29) is 0 Å². The SMILES string of the molecule is O=C(O)CCCCCCC[C@H]1O[C@@H]1CCCCCCCC(=O)O. The quantitative estimate of drug-likeness (QED) is 0.324. The van der Waals surface area contributed by atoms with Gasteiger partial charge in [0.25, 0.3) is 0 Å². The summed E-state index contributed by atoms with van der Waals surface area (Å²) in [5, 5.41) is 17.1. The summed E-state index contributed by atoms with van der Waals surface area (Å²) in [6.45, 7) is 0. The molecule has 0 saturated carbocycles. The molecule has 0 amide bonds. The first-order valence-electron chi connectivity index (χ1n) is 9.18. The van der Waals surface area contributed by atoms with Crippen molar-refractivity contribution in [3.63, 3.8) is 0 Å². The number of unbranched alkanes of at least 4 members (excludes halogenated alkanes) is 8. The number of hydrogen-bond acceptors (Lipinski definition) is 3. The average molecular weight is 328 g/mol. The smallest absolute Gasteiger partial charge is 0.303 e. The molecule has 2 atom stereocenters. The summed E-state index contributed by atoms with van der Waals surface area (Å²) >= 11 is 0. The molecule has 5 heteroatoms. The van der Waals surface area contributed by atoms with Crippen LogP contribution in [0.15, 0.2) is 0 Å². The van der Waals surface area contributed by atoms with Crippen molar-refractivity contribution in [2.45, 2.75) is 102 Å². The fraction of sp³-hybridized carbons (Fsp3) is 0.889. The van der Waals surface area contributed by atoms with Crippen molar-refractivity contribution in [3.8, 4) is 0 Å². The number of epoxide rings is 1. The molecular weight excluding hydrogens is 296 g/mol. The van der Waals surface area contributed by atoms with E-state index in [1.165, 1.54) is 25.7 Å². The van der Waals surface area contributed by atoms with Crippen molar-refractivity contribution in [3.05, 3.63) is 0 Å². The summed E-state index contributed by atoms with van der Waals surface area (Å²) in [4.78, 5) is 20.7. The van der Waals surface area contributed by atoms with E-state index in [9.17, 15) is 9.59 Å². The van der Waals surface area contributed by atoms with Crippen molar-refractivity contribution >= 4 is 11.9 Å². The van der Waals surface area contributed by atoms with Gasteiger partial charge in [-0.05, 0) is 25.7 Å². The highest BCUT2D eigenvalue weighted by Crippen LogP contribution is 2.31. The topological polar surface area (TPSA) is 87.1 Å². The Labute approximate surface area is 139 Å². The van der Waals surface area contributed by atoms with Gasteiger partial charge in [-0.1, -0.05) is 51.4 Å². The van der Waals surface area contributed by atoms with Gasteiger partial charge in [0.15, 0.2) is 0 Å². The number of hydrogen-bond donors (Lipinski definition) is 2. The van der Waals surface area contributed by atoms with Crippen LogP contribution in [0, 0.1) is 0 Å². The van der Waals surface area contributed by atoms with Crippen LogP contribution in [0.1, 0.15) is 89.9 Å². The van der Waals surface area contributed by atoms with Gasteiger partial charge in [-0.3, -0.25) is 9.59 Å². The average Bonchev–Trinajstić information content (AvgIpc) is 3.23. The van der Waals surface area contributed by atoms with Crippen LogP contribution >= 0.6 is 0 Å². The zero-order valence-electron chi connectivity index (χ0n) is 14.2. The van der Waals surface area contributed by atoms with Crippen molar-refractivity contribution in [2.75, 3.05) is 0 Å². The fourth-order valence-electron chi connectivity index (χ4n) is 2.99. The number of ether oxygens (including phenoxy) is 1. The van der Waals surface area contributed by atoms with E-state index < -0.39 is 11.9 Å². The third-order valence-corrected chi connectivity index (χ3v) is 4.45. The van der Waals surface area contributed by atoms with Gasteiger partial charge >= 0.3 is 11.9 Å². The van der Waals surface area contributed by atoms with Crippen molar-refractivity contribution < 1.29 is 24.5 Å². The molecule has 0 aliphatic carbocycles. The van der Waals surface area contributed by atoms with E-state index in [1.54, 1.807) is 0 Å². The summed E-state index contributed by atoms with van der Waals surface area (Å²) in [7, 11) is 0. The molecule has 1 heterocycles. The van der Waals surface area contributed by atoms with E-state index >= 15 is 0 Å². The highest BCUT2D eigenvalue weighted by atomic mass is 16.6. The van der Waals surface area contributed by atoms with E-state index in [0.29, 0.717) is 25.0 Å². The Morgan fingerprint density at radius 1 is 0.609 bits per heavy atom. The predicted octanol–water partition coefficient (Wildman–Crippen LogP) is 4.38. The van der Waals surface area contributed by atoms with E-state index in [2.05, 4.69) is 0 Å². The first-order chi connectivity index (χ1) is 11.1. The fourth-order valence-corrected chi connectivity index (χ4v) is 2.99. The summed E-state index contributed by atoms with van der Waals surface area (Å²) < 4.78 is 5.68. The molecule has 23 heavy (non-hydrogen) atoms.